The van der Waals surface area contributed by atoms with Gasteiger partial charge in [-0.1, -0.05) is 55.9 Å². The van der Waals surface area contributed by atoms with E-state index < -0.39 is 25.3 Å². The van der Waals surface area contributed by atoms with Gasteiger partial charge in [-0.15, -0.1) is 13.3 Å². The van der Waals surface area contributed by atoms with Crippen molar-refractivity contribution in [3.63, 3.8) is 0 Å². The summed E-state index contributed by atoms with van der Waals surface area (Å²) in [6.07, 6.45) is 7.82. The van der Waals surface area contributed by atoms with E-state index in [1.54, 1.807) is 0 Å². The molecular formula is C19H28Cl2N3SiTi+. The fraction of sp³-hybridized carbons (Fsp3) is 0.526. The molecule has 7 heteroatoms. The van der Waals surface area contributed by atoms with Crippen LogP contribution >= 0.6 is 18.6 Å². The maximum atomic E-state index is 4.89. The van der Waals surface area contributed by atoms with Crippen LogP contribution in [0.1, 0.15) is 12.8 Å². The quantitative estimate of drug-likeness (QED) is 0.483. The second-order valence-corrected chi connectivity index (χ2v) is 14.8. The summed E-state index contributed by atoms with van der Waals surface area (Å²) < 4.78 is 2.60. The fourth-order valence-electron chi connectivity index (χ4n) is 4.61. The first kappa shape index (κ1) is 22.6. The Hall–Kier alpha value is 0.351. The molecule has 26 heavy (non-hydrogen) atoms. The van der Waals surface area contributed by atoms with E-state index in [9.17, 15) is 0 Å². The number of hydrogen-bond acceptors (Lipinski definition) is 1. The molecule has 3 atom stereocenters. The standard InChI is InChI=1S/C18H25N3Si.CH3.2ClH.Ti/c1-22(2,21-12-19-11-20-13-21)18-8-7-16-9-14-5-3-4-6-15(14)10-17(16)18;;;;/h3-6,9-10,16-18H,7-8,11-13H2,1-2H3;1H3;2*1H;/q-2;-1;;;+6/p-2. The van der Waals surface area contributed by atoms with Crippen LogP contribution in [0, 0.1) is 19.3 Å². The third kappa shape index (κ3) is 4.84. The predicted octanol–water partition coefficient (Wildman–Crippen LogP) is 4.62. The van der Waals surface area contributed by atoms with Crippen molar-refractivity contribution >= 4 is 39.0 Å². The summed E-state index contributed by atoms with van der Waals surface area (Å²) in [5.74, 6) is 1.46. The van der Waals surface area contributed by atoms with Crippen LogP contribution < -0.4 is 10.4 Å². The molecule has 1 heterocycles. The second-order valence-electron chi connectivity index (χ2n) is 7.52. The van der Waals surface area contributed by atoms with E-state index in [1.165, 1.54) is 23.3 Å². The van der Waals surface area contributed by atoms with Gasteiger partial charge in [-0.05, 0) is 34.2 Å². The van der Waals surface area contributed by atoms with Gasteiger partial charge in [0.1, 0.15) is 8.24 Å². The number of hydrogen-bond donors (Lipinski definition) is 0. The third-order valence-corrected chi connectivity index (χ3v) is 10.4. The number of nitrogens with zero attached hydrogens (tertiary/aromatic N) is 3. The van der Waals surface area contributed by atoms with Crippen molar-refractivity contribution < 1.29 is 17.0 Å². The van der Waals surface area contributed by atoms with Crippen molar-refractivity contribution in [2.75, 3.05) is 20.0 Å². The first-order valence-corrected chi connectivity index (χ1v) is 16.2. The normalized spacial score (nSPS) is 27.8. The Morgan fingerprint density at radius 2 is 1.62 bits per heavy atom. The predicted molar refractivity (Wildman–Crippen MR) is 113 cm³/mol. The van der Waals surface area contributed by atoms with Crippen LogP contribution in [0.25, 0.3) is 22.8 Å². The minimum absolute atomic E-state index is 0. The van der Waals surface area contributed by atoms with Crippen LogP contribution in [0.3, 0.4) is 0 Å². The van der Waals surface area contributed by atoms with Crippen molar-refractivity contribution in [3.8, 4) is 0 Å². The molecule has 0 aromatic heterocycles. The van der Waals surface area contributed by atoms with Gasteiger partial charge in [0.2, 0.25) is 0 Å². The Labute approximate surface area is 176 Å². The SMILES string of the molecule is C[Si](C)(C1CCC2C=c3ccccc3=CC21)N1C[N-]C[N-]C1.[CH3-].[Cl][Ti+4][Cl]. The number of fused-ring (bicyclic) bond motifs is 2. The average molecular weight is 445 g/mol. The van der Waals surface area contributed by atoms with Crippen molar-refractivity contribution in [1.82, 2.24) is 4.57 Å². The van der Waals surface area contributed by atoms with Crippen LogP contribution in [0.15, 0.2) is 24.3 Å². The molecule has 1 aromatic carbocycles. The zero-order chi connectivity index (χ0) is 17.9. The Morgan fingerprint density at radius 1 is 1.04 bits per heavy atom. The molecule has 4 rings (SSSR count). The monoisotopic (exact) mass is 444 g/mol. The second kappa shape index (κ2) is 10.2. The van der Waals surface area contributed by atoms with Crippen LogP contribution in [0.2, 0.25) is 18.6 Å². The van der Waals surface area contributed by atoms with Crippen LogP contribution in [-0.4, -0.2) is 32.8 Å². The Bertz CT molecular complexity index is 694. The van der Waals surface area contributed by atoms with Crippen LogP contribution in [0.5, 0.6) is 0 Å². The molecule has 0 N–H and O–H groups in total. The zero-order valence-corrected chi connectivity index (χ0v) is 19.9. The van der Waals surface area contributed by atoms with Gasteiger partial charge in [-0.2, -0.15) is 0 Å². The molecule has 3 aliphatic rings. The van der Waals surface area contributed by atoms with Crippen LogP contribution in [0.4, 0.5) is 0 Å². The summed E-state index contributed by atoms with van der Waals surface area (Å²) in [4.78, 5) is 0. The van der Waals surface area contributed by atoms with Crippen molar-refractivity contribution in [3.05, 3.63) is 52.8 Å². The molecule has 2 aliphatic carbocycles. The van der Waals surface area contributed by atoms with Gasteiger partial charge in [0.15, 0.2) is 0 Å². The van der Waals surface area contributed by atoms with Gasteiger partial charge in [-0.3, -0.25) is 6.67 Å². The molecule has 1 aromatic rings. The molecule has 0 spiro atoms. The number of rotatable bonds is 2. The van der Waals surface area contributed by atoms with E-state index in [-0.39, 0.29) is 7.43 Å². The van der Waals surface area contributed by atoms with Gasteiger partial charge < -0.3 is 22.6 Å². The van der Waals surface area contributed by atoms with Gasteiger partial charge in [0.05, 0.1) is 0 Å². The van der Waals surface area contributed by atoms with Crippen molar-refractivity contribution in [2.45, 2.75) is 31.5 Å². The molecule has 3 nitrogen and oxygen atoms in total. The summed E-state index contributed by atoms with van der Waals surface area (Å²) in [5, 5.41) is 11.9. The molecule has 2 fully saturated rings. The summed E-state index contributed by atoms with van der Waals surface area (Å²) in [6, 6.07) is 8.86. The summed E-state index contributed by atoms with van der Waals surface area (Å²) in [6.45, 7) is 7.56. The van der Waals surface area contributed by atoms with Crippen molar-refractivity contribution in [2.24, 2.45) is 11.8 Å². The van der Waals surface area contributed by atoms with Crippen LogP contribution in [-0.2, 0) is 17.0 Å². The summed E-state index contributed by atoms with van der Waals surface area (Å²) in [7, 11) is 8.27. The van der Waals surface area contributed by atoms with E-state index in [4.69, 9.17) is 18.6 Å². The third-order valence-electron chi connectivity index (χ3n) is 6.00. The first-order chi connectivity index (χ1) is 12.1. The Morgan fingerprint density at radius 3 is 2.23 bits per heavy atom. The molecular weight excluding hydrogens is 417 g/mol. The molecule has 0 bridgehead atoms. The van der Waals surface area contributed by atoms with E-state index in [0.717, 1.165) is 30.7 Å². The minimum atomic E-state index is -1.50. The van der Waals surface area contributed by atoms with E-state index >= 15 is 0 Å². The van der Waals surface area contributed by atoms with E-state index in [0.29, 0.717) is 6.67 Å². The summed E-state index contributed by atoms with van der Waals surface area (Å²) >= 11 is -0.556. The van der Waals surface area contributed by atoms with Gasteiger partial charge in [-0.25, -0.2) is 0 Å². The number of halogens is 2. The molecule has 3 unspecified atom stereocenters. The molecule has 0 radical (unpaired) electrons. The Kier molecular flexibility index (Phi) is 8.90. The van der Waals surface area contributed by atoms with E-state index in [1.807, 2.05) is 0 Å². The van der Waals surface area contributed by atoms with Gasteiger partial charge in [0, 0.05) is 0 Å². The Balaban J connectivity index is 0.000000570. The molecule has 1 saturated carbocycles. The fourth-order valence-corrected chi connectivity index (χ4v) is 8.17. The maximum absolute atomic E-state index is 4.89. The average Bonchev–Trinajstić information content (AvgIpc) is 3.04. The number of benzene rings is 1. The zero-order valence-electron chi connectivity index (χ0n) is 15.8. The van der Waals surface area contributed by atoms with E-state index in [2.05, 4.69) is 64.7 Å². The van der Waals surface area contributed by atoms with Crippen molar-refractivity contribution in [1.29, 1.82) is 0 Å². The summed E-state index contributed by atoms with van der Waals surface area (Å²) in [5.41, 5.74) is 0.825. The molecule has 1 saturated heterocycles. The molecule has 140 valence electrons. The molecule has 0 amide bonds. The van der Waals surface area contributed by atoms with Gasteiger partial charge >= 0.3 is 35.6 Å². The molecule has 1 aliphatic heterocycles. The first-order valence-electron chi connectivity index (χ1n) is 8.84. The van der Waals surface area contributed by atoms with Gasteiger partial charge in [0.25, 0.3) is 0 Å². The topological polar surface area (TPSA) is 31.4 Å².